The number of Topliss-reactive ketones (excluding diaryl/α,β-unsaturated/α-hetero) is 1. The summed E-state index contributed by atoms with van der Waals surface area (Å²) in [6, 6.07) is 3.69. The van der Waals surface area contributed by atoms with E-state index in [0.717, 1.165) is 0 Å². The van der Waals surface area contributed by atoms with Crippen LogP contribution >= 0.6 is 0 Å². The third-order valence-corrected chi connectivity index (χ3v) is 5.44. The van der Waals surface area contributed by atoms with Crippen LogP contribution in [0.3, 0.4) is 0 Å². The van der Waals surface area contributed by atoms with Crippen LogP contribution in [-0.2, 0) is 6.42 Å². The van der Waals surface area contributed by atoms with E-state index in [-0.39, 0.29) is 24.4 Å². The maximum atomic E-state index is 13.4. The second-order valence-corrected chi connectivity index (χ2v) is 7.50. The number of aliphatic hydroxyl groups is 1. The number of nitrogens with zero attached hydrogens (tertiary/aromatic N) is 3. The van der Waals surface area contributed by atoms with Crippen molar-refractivity contribution < 1.29 is 27.5 Å². The van der Waals surface area contributed by atoms with E-state index in [1.54, 1.807) is 12.1 Å². The highest BCUT2D eigenvalue weighted by Crippen LogP contribution is 2.36. The molecule has 31 heavy (non-hydrogen) atoms. The molecule has 11 heteroatoms. The van der Waals surface area contributed by atoms with Gasteiger partial charge >= 0.3 is 6.18 Å². The van der Waals surface area contributed by atoms with Crippen LogP contribution in [0.4, 0.5) is 24.7 Å². The van der Waals surface area contributed by atoms with Crippen molar-refractivity contribution in [2.75, 3.05) is 23.7 Å². The Morgan fingerprint density at radius 3 is 2.81 bits per heavy atom. The maximum Gasteiger partial charge on any atom is 0.396 e. The highest BCUT2D eigenvalue weighted by molar-refractivity contribution is 6.10. The van der Waals surface area contributed by atoms with Gasteiger partial charge < -0.3 is 25.9 Å². The van der Waals surface area contributed by atoms with E-state index in [1.807, 2.05) is 0 Å². The fraction of sp³-hybridized carbons (Fsp3) is 0.350. The Kier molecular flexibility index (Phi) is 5.31. The predicted octanol–water partition coefficient (Wildman–Crippen LogP) is 1.92. The fourth-order valence-electron chi connectivity index (χ4n) is 3.92. The van der Waals surface area contributed by atoms with Gasteiger partial charge in [0.2, 0.25) is 5.88 Å². The summed E-state index contributed by atoms with van der Waals surface area (Å²) in [4.78, 5) is 22.6. The van der Waals surface area contributed by atoms with Gasteiger partial charge in [0, 0.05) is 55.4 Å². The zero-order valence-electron chi connectivity index (χ0n) is 16.2. The summed E-state index contributed by atoms with van der Waals surface area (Å²) in [5.41, 5.74) is 13.2. The van der Waals surface area contributed by atoms with Gasteiger partial charge in [-0.2, -0.15) is 13.2 Å². The molecule has 1 aliphatic rings. The number of nitrogen functional groups attached to an aromatic ring is 1. The van der Waals surface area contributed by atoms with Crippen molar-refractivity contribution in [3.05, 3.63) is 47.9 Å². The van der Waals surface area contributed by atoms with Gasteiger partial charge in [0.1, 0.15) is 11.1 Å². The van der Waals surface area contributed by atoms with Crippen LogP contribution in [0.2, 0.25) is 0 Å². The Balaban J connectivity index is 1.65. The normalized spacial score (nSPS) is 22.1. The number of rotatable bonds is 4. The molecule has 0 bridgehead atoms. The van der Waals surface area contributed by atoms with Gasteiger partial charge in [0.25, 0.3) is 0 Å². The number of anilines is 2. The predicted molar refractivity (Wildman–Crippen MR) is 106 cm³/mol. The van der Waals surface area contributed by atoms with Crippen LogP contribution in [0.15, 0.2) is 41.2 Å². The van der Waals surface area contributed by atoms with Gasteiger partial charge in [0.05, 0.1) is 12.0 Å². The number of hydrogen-bond donors (Lipinski definition) is 3. The molecule has 1 aliphatic heterocycles. The molecule has 0 aliphatic carbocycles. The molecule has 3 atom stereocenters. The largest absolute Gasteiger partial charge is 0.438 e. The number of alkyl halides is 3. The minimum atomic E-state index is -4.62. The van der Waals surface area contributed by atoms with Crippen LogP contribution in [0, 0.1) is 5.92 Å². The molecule has 0 amide bonds. The molecular weight excluding hydrogens is 415 g/mol. The highest BCUT2D eigenvalue weighted by Gasteiger charge is 2.50. The molecule has 3 aromatic rings. The Hall–Kier alpha value is -3.18. The molecule has 164 valence electrons. The number of ketones is 1. The quantitative estimate of drug-likeness (QED) is 0.530. The summed E-state index contributed by atoms with van der Waals surface area (Å²) in [7, 11) is 0. The summed E-state index contributed by atoms with van der Waals surface area (Å²) in [5, 5.41) is 9.94. The van der Waals surface area contributed by atoms with Gasteiger partial charge in [-0.25, -0.2) is 0 Å². The zero-order chi connectivity index (χ0) is 22.3. The number of furan rings is 1. The molecular formula is C20H20F3N5O3. The summed E-state index contributed by atoms with van der Waals surface area (Å²) < 4.78 is 45.6. The number of hydrogen-bond acceptors (Lipinski definition) is 8. The first-order chi connectivity index (χ1) is 14.7. The molecule has 0 aromatic carbocycles. The summed E-state index contributed by atoms with van der Waals surface area (Å²) in [6.07, 6.45) is -2.16. The molecule has 5 N–H and O–H groups in total. The average molecular weight is 435 g/mol. The number of fused-ring (bicyclic) bond motifs is 1. The second-order valence-electron chi connectivity index (χ2n) is 7.50. The molecule has 0 saturated carbocycles. The van der Waals surface area contributed by atoms with Gasteiger partial charge in [-0.1, -0.05) is 0 Å². The van der Waals surface area contributed by atoms with Crippen molar-refractivity contribution in [1.82, 2.24) is 9.97 Å². The average Bonchev–Trinajstić information content (AvgIpc) is 3.05. The van der Waals surface area contributed by atoms with E-state index in [1.165, 1.54) is 29.6 Å². The molecule has 0 spiro atoms. The van der Waals surface area contributed by atoms with Crippen molar-refractivity contribution in [3.63, 3.8) is 0 Å². The Labute approximate surface area is 174 Å². The standard InChI is InChI=1S/C20H20F3N5O3/c21-20(22,23)11-8-28(9-12(24)18(11)30)13-3-5-26-7-10(13)6-14(29)16-17-15(31-19(16)25)2-1-4-27-17/h1-5,7,11-12,18,30H,6,8-9,24-25H2/t11-,12+,18+/m0/s1. The number of piperidine rings is 1. The topological polar surface area (TPSA) is 132 Å². The smallest absolute Gasteiger partial charge is 0.396 e. The van der Waals surface area contributed by atoms with Crippen LogP contribution in [0.1, 0.15) is 15.9 Å². The van der Waals surface area contributed by atoms with E-state index in [4.69, 9.17) is 15.9 Å². The van der Waals surface area contributed by atoms with Gasteiger partial charge in [-0.3, -0.25) is 14.8 Å². The molecule has 4 rings (SSSR count). The Morgan fingerprint density at radius 2 is 2.06 bits per heavy atom. The van der Waals surface area contributed by atoms with E-state index in [2.05, 4.69) is 9.97 Å². The lowest BCUT2D eigenvalue weighted by atomic mass is 9.90. The van der Waals surface area contributed by atoms with Crippen LogP contribution < -0.4 is 16.4 Å². The van der Waals surface area contributed by atoms with E-state index in [0.29, 0.717) is 22.4 Å². The number of halogens is 3. The van der Waals surface area contributed by atoms with Crippen molar-refractivity contribution in [1.29, 1.82) is 0 Å². The summed E-state index contributed by atoms with van der Waals surface area (Å²) in [6.45, 7) is -0.487. The Bertz CT molecular complexity index is 1120. The number of carbonyl (C=O) groups excluding carboxylic acids is 1. The number of pyridine rings is 2. The fourth-order valence-corrected chi connectivity index (χ4v) is 3.92. The number of carbonyl (C=O) groups is 1. The van der Waals surface area contributed by atoms with Gasteiger partial charge in [0.15, 0.2) is 11.4 Å². The number of aliphatic hydroxyl groups excluding tert-OH is 1. The van der Waals surface area contributed by atoms with Crippen LogP contribution in [0.5, 0.6) is 0 Å². The zero-order valence-corrected chi connectivity index (χ0v) is 16.2. The summed E-state index contributed by atoms with van der Waals surface area (Å²) >= 11 is 0. The molecule has 1 saturated heterocycles. The third-order valence-electron chi connectivity index (χ3n) is 5.44. The number of aromatic nitrogens is 2. The highest BCUT2D eigenvalue weighted by atomic mass is 19.4. The van der Waals surface area contributed by atoms with Crippen molar-refractivity contribution in [3.8, 4) is 0 Å². The Morgan fingerprint density at radius 1 is 1.29 bits per heavy atom. The molecule has 0 radical (unpaired) electrons. The first kappa shape index (κ1) is 21.1. The summed E-state index contributed by atoms with van der Waals surface area (Å²) in [5.74, 6) is -2.49. The first-order valence-electron chi connectivity index (χ1n) is 9.51. The first-order valence-corrected chi connectivity index (χ1v) is 9.51. The minimum Gasteiger partial charge on any atom is -0.438 e. The minimum absolute atomic E-state index is 0.00269. The lowest BCUT2D eigenvalue weighted by molar-refractivity contribution is -0.203. The lowest BCUT2D eigenvalue weighted by Gasteiger charge is -2.42. The number of nitrogens with two attached hydrogens (primary N) is 2. The van der Waals surface area contributed by atoms with E-state index >= 15 is 0 Å². The SMILES string of the molecule is Nc1oc2cccnc2c1C(=O)Cc1cnccc1N1C[C@@H](N)[C@H](O)[C@@H](C(F)(F)F)C1. The van der Waals surface area contributed by atoms with Gasteiger partial charge in [-0.15, -0.1) is 0 Å². The molecule has 0 unspecified atom stereocenters. The third kappa shape index (κ3) is 3.93. The molecule has 4 heterocycles. The van der Waals surface area contributed by atoms with Crippen molar-refractivity contribution in [2.45, 2.75) is 24.7 Å². The van der Waals surface area contributed by atoms with Crippen molar-refractivity contribution in [2.24, 2.45) is 11.7 Å². The second kappa shape index (κ2) is 7.82. The lowest BCUT2D eigenvalue weighted by Crippen LogP contribution is -2.60. The maximum absolute atomic E-state index is 13.4. The molecule has 8 nitrogen and oxygen atoms in total. The monoisotopic (exact) mass is 435 g/mol. The molecule has 3 aromatic heterocycles. The van der Waals surface area contributed by atoms with E-state index in [9.17, 15) is 23.1 Å². The van der Waals surface area contributed by atoms with Crippen LogP contribution in [-0.4, -0.2) is 52.3 Å². The van der Waals surface area contributed by atoms with Crippen LogP contribution in [0.25, 0.3) is 11.1 Å². The van der Waals surface area contributed by atoms with Gasteiger partial charge in [-0.05, 0) is 18.2 Å². The van der Waals surface area contributed by atoms with E-state index < -0.39 is 36.6 Å². The van der Waals surface area contributed by atoms with Crippen molar-refractivity contribution >= 4 is 28.5 Å². The molecule has 1 fully saturated rings.